The van der Waals surface area contributed by atoms with Crippen molar-refractivity contribution in [3.63, 3.8) is 0 Å². The summed E-state index contributed by atoms with van der Waals surface area (Å²) in [5.74, 6) is 0. The Bertz CT molecular complexity index is 4780. The second-order valence-electron chi connectivity index (χ2n) is 20.1. The van der Waals surface area contributed by atoms with Crippen LogP contribution in [0.5, 0.6) is 0 Å². The van der Waals surface area contributed by atoms with Crippen molar-refractivity contribution in [3.05, 3.63) is 24.5 Å². The SMILES string of the molecule is [B]c1c([B])c([B])c(-c2c([B])c([B])c(-c3ccc4sc5c(-c6c([B])c([B])c([B])c(-c7c([B])c([B])c([B])c8c7sc7c([B])c([B])c(-c9c([B])c([B])c(-c%10c([B])c([B])c([B])c([B])c%10[B])c([B])c9[B])c([B])c78)c6[B])ncnc5c4c3)c([B])c2[B])c([B])c1[B]. The molecule has 0 fully saturated rings. The normalized spacial score (nSPS) is 11.7. The van der Waals surface area contributed by atoms with Gasteiger partial charge in [0.05, 0.1) is 15.9 Å². The molecule has 0 aliphatic rings. The third kappa shape index (κ3) is 8.43. The van der Waals surface area contributed by atoms with Gasteiger partial charge in [-0.3, -0.25) is 0 Å². The number of fused-ring (bicyclic) bond motifs is 6. The van der Waals surface area contributed by atoms with E-state index in [9.17, 15) is 0 Å². The van der Waals surface area contributed by atoms with Crippen LogP contribution in [-0.2, 0) is 0 Å². The highest BCUT2D eigenvalue weighted by Gasteiger charge is 2.29. The molecule has 11 aromatic rings. The summed E-state index contributed by atoms with van der Waals surface area (Å²) in [5, 5.41) is 1.16. The summed E-state index contributed by atoms with van der Waals surface area (Å²) in [6.45, 7) is 0. The molecule has 0 aliphatic carbocycles. The van der Waals surface area contributed by atoms with Gasteiger partial charge in [0.15, 0.2) is 0 Å². The van der Waals surface area contributed by atoms with E-state index in [0.29, 0.717) is 36.1 Å². The quantitative estimate of drug-likeness (QED) is 0.155. The highest BCUT2D eigenvalue weighted by atomic mass is 32.1. The van der Waals surface area contributed by atoms with Crippen molar-refractivity contribution in [3.8, 4) is 66.9 Å². The van der Waals surface area contributed by atoms with Crippen LogP contribution in [0.1, 0.15) is 0 Å². The third-order valence-electron chi connectivity index (χ3n) is 15.7. The van der Waals surface area contributed by atoms with Crippen molar-refractivity contribution in [2.45, 2.75) is 0 Å². The van der Waals surface area contributed by atoms with Gasteiger partial charge in [-0.1, -0.05) is 115 Å². The van der Waals surface area contributed by atoms with Gasteiger partial charge in [0, 0.05) is 19.5 Å². The molecule has 0 N–H and O–H groups in total. The van der Waals surface area contributed by atoms with Crippen LogP contribution in [0.15, 0.2) is 24.5 Å². The van der Waals surface area contributed by atoms with E-state index < -0.39 is 0 Å². The maximum Gasteiger partial charge on any atom is 0.116 e. The smallest absolute Gasteiger partial charge is 0.116 e. The van der Waals surface area contributed by atoms with Gasteiger partial charge in [0.25, 0.3) is 0 Å². The Labute approximate surface area is 532 Å². The number of thiophene rings is 2. The Balaban J connectivity index is 1.11. The minimum absolute atomic E-state index is 0.000900. The van der Waals surface area contributed by atoms with Gasteiger partial charge in [0.1, 0.15) is 226 Å². The zero-order valence-corrected chi connectivity index (χ0v) is 45.8. The molecule has 0 saturated heterocycles. The molecule has 2 nitrogen and oxygen atoms in total. The summed E-state index contributed by atoms with van der Waals surface area (Å²) >= 11 is 2.42. The van der Waals surface area contributed by atoms with Crippen molar-refractivity contribution in [2.24, 2.45) is 0 Å². The summed E-state index contributed by atoms with van der Waals surface area (Å²) in [4.78, 5) is 9.44. The Hall–Kier alpha value is -4.90. The van der Waals surface area contributed by atoms with Gasteiger partial charge >= 0.3 is 0 Å². The van der Waals surface area contributed by atoms with Crippen LogP contribution >= 0.6 is 22.7 Å². The summed E-state index contributed by atoms with van der Waals surface area (Å²) in [6.07, 6.45) is 1.34. The number of nitrogens with zero attached hydrogens (tertiary/aromatic N) is 2. The van der Waals surface area contributed by atoms with E-state index in [4.69, 9.17) is 230 Å². The zero-order valence-electron chi connectivity index (χ0n) is 44.2. The lowest BCUT2D eigenvalue weighted by Gasteiger charge is -2.30. The molecule has 56 radical (unpaired) electrons. The highest BCUT2D eigenvalue weighted by Crippen LogP contribution is 2.40. The summed E-state index contributed by atoms with van der Waals surface area (Å²) in [7, 11) is 187. The fraction of sp³-hybridized carbons (Fsp3) is 0. The molecule has 32 heteroatoms. The topological polar surface area (TPSA) is 25.8 Å². The molecular formula is C52H4B28N2S2. The summed E-state index contributed by atoms with van der Waals surface area (Å²) < 4.78 is 1.96. The largest absolute Gasteiger partial charge is 0.235 e. The van der Waals surface area contributed by atoms with E-state index in [0.717, 1.165) is 16.0 Å². The standard InChI is InChI=1S/C52H4B28N2S2/c53-20-9(10-26(59)28(61)12(29(62)27(10)60)14-32(65)43(76)46(79)44(77)33(14)66)35(68)47(80)51-17(20)18-37(70)40(73)36(69)16(50(18)84-51)15-21(54)19(38(71)39(72)34(15)67)49-52-48(81-4-82-49)6-3-5(1-2-7(6)83-52)8-22(55)24(57)11(25(58)23(8)56)13-30(63)41(74)45(78)42(75)31(13)64/h1-4H. The van der Waals surface area contributed by atoms with Crippen molar-refractivity contribution in [1.29, 1.82) is 0 Å². The first-order chi connectivity index (χ1) is 39.4. The van der Waals surface area contributed by atoms with E-state index in [-0.39, 0.29) is 219 Å². The van der Waals surface area contributed by atoms with Crippen LogP contribution in [-0.4, -0.2) is 230 Å². The monoisotopic (exact) mass is 1030 g/mol. The Morgan fingerprint density at radius 3 is 1.01 bits per heavy atom. The molecule has 0 aliphatic heterocycles. The van der Waals surface area contributed by atoms with Crippen LogP contribution in [0.3, 0.4) is 0 Å². The van der Waals surface area contributed by atoms with Gasteiger partial charge in [-0.25, -0.2) is 9.97 Å². The summed E-state index contributed by atoms with van der Waals surface area (Å²) in [5.41, 5.74) is 1.08. The molecule has 0 spiro atoms. The van der Waals surface area contributed by atoms with Crippen LogP contribution in [0.4, 0.5) is 0 Å². The Morgan fingerprint density at radius 2 is 0.560 bits per heavy atom. The average molecular weight is 1020 g/mol. The second kappa shape index (κ2) is 21.5. The molecule has 84 heavy (non-hydrogen) atoms. The van der Waals surface area contributed by atoms with E-state index in [1.165, 1.54) is 17.7 Å². The van der Waals surface area contributed by atoms with E-state index in [1.54, 1.807) is 6.07 Å². The lowest BCUT2D eigenvalue weighted by molar-refractivity contribution is 1.24. The van der Waals surface area contributed by atoms with Crippen LogP contribution in [0, 0.1) is 0 Å². The maximum absolute atomic E-state index is 7.31. The van der Waals surface area contributed by atoms with Crippen LogP contribution in [0.25, 0.3) is 107 Å². The molecule has 8 aromatic carbocycles. The minimum atomic E-state index is -0.150. The lowest BCUT2D eigenvalue weighted by atomic mass is 9.55. The molecule has 0 unspecified atom stereocenters. The number of aromatic nitrogens is 2. The van der Waals surface area contributed by atoms with E-state index in [1.807, 2.05) is 12.1 Å². The predicted molar refractivity (Wildman–Crippen MR) is 391 cm³/mol. The molecule has 0 atom stereocenters. The Morgan fingerprint density at radius 1 is 0.238 bits per heavy atom. The van der Waals surface area contributed by atoms with Gasteiger partial charge < -0.3 is 0 Å². The molecule has 0 amide bonds. The van der Waals surface area contributed by atoms with Crippen molar-refractivity contribution >= 4 is 436 Å². The Kier molecular flexibility index (Phi) is 15.5. The van der Waals surface area contributed by atoms with Crippen molar-refractivity contribution in [2.75, 3.05) is 0 Å². The highest BCUT2D eigenvalue weighted by molar-refractivity contribution is 7.28. The lowest BCUT2D eigenvalue weighted by Crippen LogP contribution is -2.57. The first kappa shape index (κ1) is 60.8. The number of benzene rings is 8. The number of rotatable bonds is 6. The first-order valence-electron chi connectivity index (χ1n) is 24.6. The molecule has 3 aromatic heterocycles. The molecule has 11 rings (SSSR count). The number of hydrogen-bond acceptors (Lipinski definition) is 4. The zero-order chi connectivity index (χ0) is 61.4. The van der Waals surface area contributed by atoms with Crippen molar-refractivity contribution < 1.29 is 0 Å². The number of hydrogen-bond donors (Lipinski definition) is 0. The predicted octanol–water partition coefficient (Wildman–Crippen LogP) is -18.6. The molecule has 0 bridgehead atoms. The van der Waals surface area contributed by atoms with Crippen molar-refractivity contribution in [1.82, 2.24) is 9.97 Å². The van der Waals surface area contributed by atoms with Gasteiger partial charge in [-0.05, 0) is 84.1 Å². The minimum Gasteiger partial charge on any atom is -0.235 e. The second-order valence-corrected chi connectivity index (χ2v) is 22.1. The van der Waals surface area contributed by atoms with Gasteiger partial charge in [-0.2, -0.15) is 0 Å². The fourth-order valence-electron chi connectivity index (χ4n) is 11.2. The van der Waals surface area contributed by atoms with Crippen LogP contribution in [0.2, 0.25) is 0 Å². The summed E-state index contributed by atoms with van der Waals surface area (Å²) in [6, 6.07) is 5.43. The third-order valence-corrected chi connectivity index (χ3v) is 18.2. The molecule has 3 heterocycles. The fourth-order valence-corrected chi connectivity index (χ4v) is 13.7. The van der Waals surface area contributed by atoms with E-state index in [2.05, 4.69) is 0 Å². The van der Waals surface area contributed by atoms with E-state index >= 15 is 0 Å². The molecule has 0 saturated carbocycles. The van der Waals surface area contributed by atoms with Crippen LogP contribution < -0.4 is 153 Å². The molecular weight excluding hydrogens is 1020 g/mol. The van der Waals surface area contributed by atoms with Gasteiger partial charge in [0.2, 0.25) is 0 Å². The average Bonchev–Trinajstić information content (AvgIpc) is 1.52. The molecule has 318 valence electrons. The first-order valence-corrected chi connectivity index (χ1v) is 26.2. The van der Waals surface area contributed by atoms with Gasteiger partial charge in [-0.15, -0.1) is 66.4 Å². The maximum atomic E-state index is 7.31.